The second-order valence-corrected chi connectivity index (χ2v) is 24.5. The smallest absolute Gasteiger partial charge is 0.408 e. The number of benzene rings is 3. The van der Waals surface area contributed by atoms with E-state index < -0.39 is 113 Å². The highest BCUT2D eigenvalue weighted by molar-refractivity contribution is 5.97. The lowest BCUT2D eigenvalue weighted by Gasteiger charge is -2.66. The summed E-state index contributed by atoms with van der Waals surface area (Å²) >= 11 is 0. The lowest BCUT2D eigenvalue weighted by Crippen LogP contribution is -2.78. The number of esters is 3. The predicted molar refractivity (Wildman–Crippen MR) is 299 cm³/mol. The van der Waals surface area contributed by atoms with Crippen LogP contribution in [-0.4, -0.2) is 151 Å². The van der Waals surface area contributed by atoms with E-state index in [4.69, 9.17) is 23.7 Å². The first-order valence-electron chi connectivity index (χ1n) is 28.4. The van der Waals surface area contributed by atoms with Gasteiger partial charge in [0.15, 0.2) is 17.2 Å². The zero-order valence-corrected chi connectivity index (χ0v) is 48.5. The second-order valence-electron chi connectivity index (χ2n) is 24.5. The molecule has 21 heteroatoms. The fourth-order valence-electron chi connectivity index (χ4n) is 13.8. The minimum atomic E-state index is -1.91. The first-order chi connectivity index (χ1) is 39.2. The first-order valence-corrected chi connectivity index (χ1v) is 28.4. The van der Waals surface area contributed by atoms with Crippen LogP contribution in [0, 0.1) is 35.5 Å². The molecular formula is C62H76N6O15. The Hall–Kier alpha value is -7.33. The molecule has 3 aliphatic carbocycles. The number of alkyl carbamates (subject to hydrolysis) is 1. The average Bonchev–Trinajstić information content (AvgIpc) is 0.983. The van der Waals surface area contributed by atoms with E-state index in [1.54, 1.807) is 107 Å². The van der Waals surface area contributed by atoms with Gasteiger partial charge in [0.2, 0.25) is 12.0 Å². The largest absolute Gasteiger partial charge is 0.455 e. The van der Waals surface area contributed by atoms with E-state index in [1.807, 2.05) is 38.1 Å². The van der Waals surface area contributed by atoms with Crippen molar-refractivity contribution in [2.45, 2.75) is 149 Å². The van der Waals surface area contributed by atoms with E-state index in [-0.39, 0.29) is 55.2 Å². The van der Waals surface area contributed by atoms with Gasteiger partial charge in [-0.1, -0.05) is 86.6 Å². The van der Waals surface area contributed by atoms with Crippen LogP contribution in [0.2, 0.25) is 0 Å². The molecule has 4 aromatic rings. The van der Waals surface area contributed by atoms with Gasteiger partial charge in [0, 0.05) is 70.4 Å². The molecule has 5 aliphatic rings. The van der Waals surface area contributed by atoms with E-state index >= 15 is 9.59 Å². The van der Waals surface area contributed by atoms with Crippen LogP contribution in [0.5, 0.6) is 0 Å². The van der Waals surface area contributed by atoms with Crippen LogP contribution in [0.3, 0.4) is 0 Å². The Bertz CT molecular complexity index is 3200. The third-order valence-electron chi connectivity index (χ3n) is 17.8. The van der Waals surface area contributed by atoms with Crippen LogP contribution in [0.15, 0.2) is 101 Å². The number of piperazine rings is 1. The van der Waals surface area contributed by atoms with Gasteiger partial charge >= 0.3 is 29.7 Å². The number of carbonyl (C=O) groups is 7. The summed E-state index contributed by atoms with van der Waals surface area (Å²) in [7, 11) is 0. The molecule has 2 saturated carbocycles. The summed E-state index contributed by atoms with van der Waals surface area (Å²) < 4.78 is 32.0. The number of aliphatic hydroxyl groups excluding tert-OH is 2. The SMILES string of the molecule is CC(=O)O[C@@]12CO[C@@H]1C[C@H](O)[C@@]1(C)C(=O)[C@H](O)C3=C(C)[C@@H](OC(=O)[C@H](OC(=O)CCC(=O)N4CCN(Cc5ccc(-n6c(C)n[nH]c6=O)cc5)CC4)C(NC(=O)OC(C)(C)C)c4ccccc4)C[C@H]([C@@H](CC(=O)c4ccccc4)[C@H]21)C3(C)C. The standard InChI is InChI=1S/C62H76N6O15/c1-35-45(31-43-42(30-44(70)39-16-12-10-13-17-39)54-61(9,55(75)52(74)50(35)60(43,7)8)46(71)32-47-62(54,34-79-47)82-37(3)69)80-56(76)53(51(40-18-14-11-15-19-40)63-58(78)83-59(4,5)6)81-49(73)25-24-48(72)67-28-26-66(27-29-67)33-38-20-22-41(23-21-38)68-36(2)64-65-57(68)77/h10-23,42-43,45-47,51-54,71,74H,24-34H2,1-9H3,(H,63,78)(H,65,77)/t42-,43-,45+,46+,47-,51?,52-,53-,54+,61-,62+/m1/s1. The van der Waals surface area contributed by atoms with Crippen molar-refractivity contribution < 1.29 is 67.5 Å². The fourth-order valence-corrected chi connectivity index (χ4v) is 13.8. The molecule has 1 aromatic heterocycles. The van der Waals surface area contributed by atoms with Crippen molar-refractivity contribution in [3.05, 3.63) is 129 Å². The molecule has 2 aliphatic heterocycles. The molecule has 11 atom stereocenters. The number of carbonyl (C=O) groups excluding carboxylic acids is 7. The lowest BCUT2D eigenvalue weighted by atomic mass is 9.43. The van der Waals surface area contributed by atoms with Gasteiger partial charge in [-0.15, -0.1) is 0 Å². The van der Waals surface area contributed by atoms with Gasteiger partial charge in [0.1, 0.15) is 35.8 Å². The number of Topliss-reactive ketones (excluding diaryl/α,β-unsaturated/α-hetero) is 2. The number of aromatic amines is 1. The molecule has 4 fully saturated rings. The Kier molecular flexibility index (Phi) is 17.2. The van der Waals surface area contributed by atoms with Crippen molar-refractivity contribution in [3.63, 3.8) is 0 Å². The van der Waals surface area contributed by atoms with Gasteiger partial charge in [-0.2, -0.15) is 5.10 Å². The average molecular weight is 1150 g/mol. The Morgan fingerprint density at radius 3 is 2.11 bits per heavy atom. The van der Waals surface area contributed by atoms with Crippen LogP contribution >= 0.6 is 0 Å². The second kappa shape index (κ2) is 23.7. The normalized spacial score (nSPS) is 27.5. The third-order valence-corrected chi connectivity index (χ3v) is 17.8. The monoisotopic (exact) mass is 1140 g/mol. The topological polar surface area (TPSA) is 275 Å². The van der Waals surface area contributed by atoms with Gasteiger partial charge < -0.3 is 44.1 Å². The van der Waals surface area contributed by atoms with Crippen LogP contribution in [0.25, 0.3) is 5.69 Å². The number of hydrogen-bond acceptors (Lipinski definition) is 17. The number of nitrogens with zero attached hydrogens (tertiary/aromatic N) is 4. The van der Waals surface area contributed by atoms with Crippen LogP contribution in [-0.2, 0) is 54.2 Å². The molecule has 2 saturated heterocycles. The van der Waals surface area contributed by atoms with E-state index in [0.29, 0.717) is 60.9 Å². The number of H-pyrrole nitrogens is 1. The molecule has 2 amide bonds. The van der Waals surface area contributed by atoms with Crippen LogP contribution in [0.1, 0.15) is 121 Å². The number of aryl methyl sites for hydroxylation is 1. The highest BCUT2D eigenvalue weighted by Crippen LogP contribution is 2.65. The van der Waals surface area contributed by atoms with Gasteiger partial charge in [0.05, 0.1) is 30.2 Å². The number of hydrogen-bond donors (Lipinski definition) is 4. The van der Waals surface area contributed by atoms with E-state index in [0.717, 1.165) is 5.56 Å². The maximum atomic E-state index is 15.4. The molecule has 21 nitrogen and oxygen atoms in total. The Morgan fingerprint density at radius 2 is 1.52 bits per heavy atom. The first kappa shape index (κ1) is 60.3. The molecule has 1 unspecified atom stereocenters. The number of fused-ring (bicyclic) bond motifs is 5. The van der Waals surface area contributed by atoms with Gasteiger partial charge in [0.25, 0.3) is 0 Å². The van der Waals surface area contributed by atoms with E-state index in [9.17, 15) is 39.0 Å². The zero-order valence-electron chi connectivity index (χ0n) is 48.5. The minimum Gasteiger partial charge on any atom is -0.455 e. The summed E-state index contributed by atoms with van der Waals surface area (Å²) in [6, 6.07) is 23.0. The van der Waals surface area contributed by atoms with Crippen molar-refractivity contribution in [2.24, 2.45) is 28.6 Å². The lowest BCUT2D eigenvalue weighted by molar-refractivity contribution is -0.331. The van der Waals surface area contributed by atoms with Crippen molar-refractivity contribution in [1.82, 2.24) is 29.9 Å². The fraction of sp³-hybridized carbons (Fsp3) is 0.532. The number of rotatable bonds is 16. The number of nitrogens with one attached hydrogen (secondary N) is 2. The minimum absolute atomic E-state index is 0.0233. The highest BCUT2D eigenvalue weighted by atomic mass is 16.6. The number of amides is 2. The highest BCUT2D eigenvalue weighted by Gasteiger charge is 2.74. The molecule has 9 rings (SSSR count). The van der Waals surface area contributed by atoms with Crippen molar-refractivity contribution in [3.8, 4) is 5.69 Å². The van der Waals surface area contributed by atoms with E-state index in [1.165, 1.54) is 11.5 Å². The molecule has 444 valence electrons. The third kappa shape index (κ3) is 12.1. The molecule has 4 N–H and O–H groups in total. The molecule has 2 bridgehead atoms. The van der Waals surface area contributed by atoms with Crippen LogP contribution in [0.4, 0.5) is 4.79 Å². The molecule has 3 heterocycles. The summed E-state index contributed by atoms with van der Waals surface area (Å²) in [6.07, 6.45) is -9.27. The molecule has 83 heavy (non-hydrogen) atoms. The molecule has 3 aromatic carbocycles. The molecule has 0 radical (unpaired) electrons. The summed E-state index contributed by atoms with van der Waals surface area (Å²) in [5.41, 5.74) is -2.80. The Balaban J connectivity index is 0.993. The summed E-state index contributed by atoms with van der Waals surface area (Å²) in [6.45, 7) is 17.2. The molecule has 0 spiro atoms. The summed E-state index contributed by atoms with van der Waals surface area (Å²) in [4.78, 5) is 116. The summed E-state index contributed by atoms with van der Waals surface area (Å²) in [5.74, 6) is -6.32. The zero-order chi connectivity index (χ0) is 59.9. The van der Waals surface area contributed by atoms with E-state index in [2.05, 4.69) is 20.4 Å². The van der Waals surface area contributed by atoms with Crippen molar-refractivity contribution in [1.29, 1.82) is 0 Å². The maximum absolute atomic E-state index is 15.4. The predicted octanol–water partition coefficient (Wildman–Crippen LogP) is 5.67. The van der Waals surface area contributed by atoms with Crippen molar-refractivity contribution >= 4 is 41.5 Å². The number of aliphatic hydroxyl groups is 2. The summed E-state index contributed by atoms with van der Waals surface area (Å²) in [5, 5.41) is 33.9. The number of aromatic nitrogens is 3. The van der Waals surface area contributed by atoms with Gasteiger partial charge in [-0.05, 0) is 99.6 Å². The Labute approximate surface area is 482 Å². The maximum Gasteiger partial charge on any atom is 0.408 e. The van der Waals surface area contributed by atoms with Crippen LogP contribution < -0.4 is 11.0 Å². The number of ketones is 2. The van der Waals surface area contributed by atoms with Gasteiger partial charge in [-0.3, -0.25) is 28.9 Å². The number of ether oxygens (including phenoxy) is 5. The molecular weight excluding hydrogens is 1070 g/mol. The quantitative estimate of drug-likeness (QED) is 0.0455. The Morgan fingerprint density at radius 1 is 0.867 bits per heavy atom. The van der Waals surface area contributed by atoms with Crippen molar-refractivity contribution in [2.75, 3.05) is 32.8 Å². The van der Waals surface area contributed by atoms with Gasteiger partial charge in [-0.25, -0.2) is 24.0 Å².